The van der Waals surface area contributed by atoms with Crippen LogP contribution in [0.3, 0.4) is 0 Å². The van der Waals surface area contributed by atoms with E-state index < -0.39 is 0 Å². The summed E-state index contributed by atoms with van der Waals surface area (Å²) in [6.45, 7) is 0. The van der Waals surface area contributed by atoms with Crippen molar-refractivity contribution in [1.29, 1.82) is 0 Å². The first-order chi connectivity index (χ1) is 7.84. The van der Waals surface area contributed by atoms with Gasteiger partial charge in [-0.05, 0) is 18.9 Å². The molecule has 0 N–H and O–H groups in total. The summed E-state index contributed by atoms with van der Waals surface area (Å²) in [7, 11) is 0. The van der Waals surface area contributed by atoms with Gasteiger partial charge in [-0.2, -0.15) is 0 Å². The molecule has 2 aromatic heterocycles. The molecule has 0 saturated heterocycles. The molecule has 0 fully saturated rings. The summed E-state index contributed by atoms with van der Waals surface area (Å²) in [5.74, 6) is 0.815. The molecule has 0 aromatic carbocycles. The van der Waals surface area contributed by atoms with Crippen LogP contribution in [0.1, 0.15) is 28.2 Å². The summed E-state index contributed by atoms with van der Waals surface area (Å²) in [5, 5.41) is 0.751. The fourth-order valence-corrected chi connectivity index (χ4v) is 2.80. The van der Waals surface area contributed by atoms with Crippen molar-refractivity contribution in [2.45, 2.75) is 19.3 Å². The molecule has 5 heteroatoms. The molecule has 1 aliphatic rings. The standard InChI is InChI=1S/C11H9N3OS/c15-8-4-1-3-7-9(8)16-11(14-7)10-12-5-2-6-13-10/h2,5-6H,1,3-4H2. The van der Waals surface area contributed by atoms with E-state index in [1.807, 2.05) is 0 Å². The third-order valence-electron chi connectivity index (χ3n) is 2.53. The van der Waals surface area contributed by atoms with Crippen molar-refractivity contribution in [1.82, 2.24) is 15.0 Å². The fraction of sp³-hybridized carbons (Fsp3) is 0.273. The lowest BCUT2D eigenvalue weighted by Gasteiger charge is -2.06. The summed E-state index contributed by atoms with van der Waals surface area (Å²) in [5.41, 5.74) is 0.920. The van der Waals surface area contributed by atoms with Crippen molar-refractivity contribution < 1.29 is 4.79 Å². The Bertz CT molecular complexity index is 535. The van der Waals surface area contributed by atoms with Crippen LogP contribution in [0.15, 0.2) is 18.5 Å². The van der Waals surface area contributed by atoms with Gasteiger partial charge < -0.3 is 0 Å². The highest BCUT2D eigenvalue weighted by atomic mass is 32.1. The zero-order valence-corrected chi connectivity index (χ0v) is 9.33. The first-order valence-electron chi connectivity index (χ1n) is 5.15. The number of rotatable bonds is 1. The van der Waals surface area contributed by atoms with E-state index in [0.717, 1.165) is 28.4 Å². The predicted octanol–water partition coefficient (Wildman–Crippen LogP) is 2.12. The second-order valence-corrected chi connectivity index (χ2v) is 4.64. The summed E-state index contributed by atoms with van der Waals surface area (Å²) in [4.78, 5) is 25.2. The molecule has 4 nitrogen and oxygen atoms in total. The van der Waals surface area contributed by atoms with E-state index in [0.29, 0.717) is 12.2 Å². The molecule has 0 saturated carbocycles. The van der Waals surface area contributed by atoms with Gasteiger partial charge in [0.25, 0.3) is 0 Å². The molecule has 0 amide bonds. The van der Waals surface area contributed by atoms with Gasteiger partial charge in [0.15, 0.2) is 16.6 Å². The first kappa shape index (κ1) is 9.59. The molecule has 3 rings (SSSR count). The number of Topliss-reactive ketones (excluding diaryl/α,β-unsaturated/α-hetero) is 1. The minimum Gasteiger partial charge on any atom is -0.293 e. The number of hydrogen-bond acceptors (Lipinski definition) is 5. The van der Waals surface area contributed by atoms with Crippen LogP contribution in [0, 0.1) is 0 Å². The Kier molecular flexibility index (Phi) is 2.25. The van der Waals surface area contributed by atoms with Crippen LogP contribution in [-0.2, 0) is 6.42 Å². The number of ketones is 1. The van der Waals surface area contributed by atoms with E-state index in [2.05, 4.69) is 15.0 Å². The maximum Gasteiger partial charge on any atom is 0.188 e. The maximum absolute atomic E-state index is 11.7. The first-order valence-corrected chi connectivity index (χ1v) is 5.96. The lowest BCUT2D eigenvalue weighted by Crippen LogP contribution is -2.07. The van der Waals surface area contributed by atoms with Gasteiger partial charge in [0.2, 0.25) is 0 Å². The number of fused-ring (bicyclic) bond motifs is 1. The predicted molar refractivity (Wildman–Crippen MR) is 60.4 cm³/mol. The molecule has 0 atom stereocenters. The van der Waals surface area contributed by atoms with E-state index in [4.69, 9.17) is 0 Å². The van der Waals surface area contributed by atoms with E-state index in [9.17, 15) is 4.79 Å². The van der Waals surface area contributed by atoms with E-state index in [1.54, 1.807) is 18.5 Å². The largest absolute Gasteiger partial charge is 0.293 e. The summed E-state index contributed by atoms with van der Waals surface area (Å²) in [6, 6.07) is 1.77. The maximum atomic E-state index is 11.7. The molecule has 0 spiro atoms. The van der Waals surface area contributed by atoms with Gasteiger partial charge in [-0.1, -0.05) is 0 Å². The number of thiazole rings is 1. The van der Waals surface area contributed by atoms with Gasteiger partial charge in [-0.25, -0.2) is 15.0 Å². The van der Waals surface area contributed by atoms with Crippen molar-refractivity contribution in [3.63, 3.8) is 0 Å². The molecule has 2 heterocycles. The number of aromatic nitrogens is 3. The summed E-state index contributed by atoms with van der Waals surface area (Å²) >= 11 is 1.41. The van der Waals surface area contributed by atoms with E-state index in [-0.39, 0.29) is 5.78 Å². The van der Waals surface area contributed by atoms with Crippen LogP contribution >= 0.6 is 11.3 Å². The summed E-state index contributed by atoms with van der Waals surface area (Å²) < 4.78 is 0. The van der Waals surface area contributed by atoms with E-state index in [1.165, 1.54) is 11.3 Å². The van der Waals surface area contributed by atoms with Crippen molar-refractivity contribution in [2.24, 2.45) is 0 Å². The van der Waals surface area contributed by atoms with Crippen LogP contribution < -0.4 is 0 Å². The highest BCUT2D eigenvalue weighted by Gasteiger charge is 2.23. The molecule has 2 aromatic rings. The number of hydrogen-bond donors (Lipinski definition) is 0. The van der Waals surface area contributed by atoms with E-state index >= 15 is 0 Å². The van der Waals surface area contributed by atoms with Crippen LogP contribution in [0.25, 0.3) is 10.8 Å². The molecule has 0 unspecified atom stereocenters. The number of aryl methyl sites for hydroxylation is 1. The third kappa shape index (κ3) is 1.53. The zero-order chi connectivity index (χ0) is 11.0. The minimum atomic E-state index is 0.209. The monoisotopic (exact) mass is 231 g/mol. The topological polar surface area (TPSA) is 55.7 Å². The molecule has 16 heavy (non-hydrogen) atoms. The Morgan fingerprint density at radius 2 is 2.00 bits per heavy atom. The average Bonchev–Trinajstić information content (AvgIpc) is 2.76. The highest BCUT2D eigenvalue weighted by Crippen LogP contribution is 2.30. The second kappa shape index (κ2) is 3.75. The second-order valence-electron chi connectivity index (χ2n) is 3.64. The smallest absolute Gasteiger partial charge is 0.188 e. The Balaban J connectivity index is 2.08. The fourth-order valence-electron chi connectivity index (χ4n) is 1.77. The third-order valence-corrected chi connectivity index (χ3v) is 3.66. The number of carbonyl (C=O) groups is 1. The Labute approximate surface area is 96.4 Å². The van der Waals surface area contributed by atoms with Gasteiger partial charge in [-0.3, -0.25) is 4.79 Å². The van der Waals surface area contributed by atoms with Gasteiger partial charge in [0.1, 0.15) is 0 Å². The van der Waals surface area contributed by atoms with Crippen molar-refractivity contribution >= 4 is 17.1 Å². The lowest BCUT2D eigenvalue weighted by atomic mass is 10.0. The Morgan fingerprint density at radius 1 is 1.19 bits per heavy atom. The molecular formula is C11H9N3OS. The Hall–Kier alpha value is -1.62. The van der Waals surface area contributed by atoms with Gasteiger partial charge in [0, 0.05) is 18.8 Å². The summed E-state index contributed by atoms with van der Waals surface area (Å²) in [6.07, 6.45) is 5.81. The molecule has 0 aliphatic heterocycles. The SMILES string of the molecule is O=C1CCCc2nc(-c3ncccn3)sc21. The molecule has 80 valence electrons. The van der Waals surface area contributed by atoms with Crippen molar-refractivity contribution in [3.8, 4) is 10.8 Å². The number of carbonyl (C=O) groups excluding carboxylic acids is 1. The molecule has 1 aliphatic carbocycles. The molecule has 0 radical (unpaired) electrons. The van der Waals surface area contributed by atoms with Crippen LogP contribution in [0.4, 0.5) is 0 Å². The zero-order valence-electron chi connectivity index (χ0n) is 8.51. The van der Waals surface area contributed by atoms with Gasteiger partial charge in [-0.15, -0.1) is 11.3 Å². The normalized spacial score (nSPS) is 14.9. The molecular weight excluding hydrogens is 222 g/mol. The van der Waals surface area contributed by atoms with Crippen LogP contribution in [0.5, 0.6) is 0 Å². The lowest BCUT2D eigenvalue weighted by molar-refractivity contribution is 0.0976. The highest BCUT2D eigenvalue weighted by molar-refractivity contribution is 7.17. The van der Waals surface area contributed by atoms with Crippen molar-refractivity contribution in [3.05, 3.63) is 29.0 Å². The van der Waals surface area contributed by atoms with Crippen LogP contribution in [-0.4, -0.2) is 20.7 Å². The minimum absolute atomic E-state index is 0.209. The Morgan fingerprint density at radius 3 is 2.75 bits per heavy atom. The van der Waals surface area contributed by atoms with Crippen LogP contribution in [0.2, 0.25) is 0 Å². The average molecular weight is 231 g/mol. The van der Waals surface area contributed by atoms with Crippen molar-refractivity contribution in [2.75, 3.05) is 0 Å². The molecule has 0 bridgehead atoms. The quantitative estimate of drug-likeness (QED) is 0.754. The van der Waals surface area contributed by atoms with Gasteiger partial charge in [0.05, 0.1) is 10.6 Å². The number of nitrogens with zero attached hydrogens (tertiary/aromatic N) is 3. The van der Waals surface area contributed by atoms with Gasteiger partial charge >= 0.3 is 0 Å².